The minimum absolute atomic E-state index is 0.00504. The molecule has 0 amide bonds. The molecule has 0 fully saturated rings. The van der Waals surface area contributed by atoms with Crippen LogP contribution in [0.2, 0.25) is 0 Å². The van der Waals surface area contributed by atoms with Gasteiger partial charge in [-0.2, -0.15) is 0 Å². The second kappa shape index (κ2) is 6.81. The van der Waals surface area contributed by atoms with Crippen molar-refractivity contribution < 1.29 is 14.3 Å². The van der Waals surface area contributed by atoms with Crippen molar-refractivity contribution in [3.05, 3.63) is 71.8 Å². The van der Waals surface area contributed by atoms with Gasteiger partial charge in [0.2, 0.25) is 12.6 Å². The molecule has 0 aromatic heterocycles. The average molecular weight is 351 g/mol. The molecule has 1 heterocycles. The summed E-state index contributed by atoms with van der Waals surface area (Å²) < 4.78 is 11.1. The molecule has 0 spiro atoms. The Morgan fingerprint density at radius 3 is 2.52 bits per heavy atom. The van der Waals surface area contributed by atoms with E-state index >= 15 is 0 Å². The molecule has 1 aliphatic heterocycles. The number of rotatable bonds is 5. The van der Waals surface area contributed by atoms with Gasteiger partial charge in [0, 0.05) is 16.5 Å². The first kappa shape index (κ1) is 16.0. The van der Waals surface area contributed by atoms with Crippen LogP contribution < -0.4 is 9.47 Å². The van der Waals surface area contributed by atoms with Crippen molar-refractivity contribution in [2.24, 2.45) is 0 Å². The van der Waals surface area contributed by atoms with Gasteiger partial charge in [-0.1, -0.05) is 42.5 Å². The predicted octanol–water partition coefficient (Wildman–Crippen LogP) is 4.20. The molecule has 0 aliphatic carbocycles. The summed E-state index contributed by atoms with van der Waals surface area (Å²) in [5.74, 6) is 3.23. The molecule has 126 valence electrons. The van der Waals surface area contributed by atoms with Crippen molar-refractivity contribution in [1.82, 2.24) is 0 Å². The summed E-state index contributed by atoms with van der Waals surface area (Å²) in [6.45, 7) is 0.217. The van der Waals surface area contributed by atoms with Crippen LogP contribution in [0.1, 0.15) is 15.9 Å². The lowest BCUT2D eigenvalue weighted by molar-refractivity contribution is 0.102. The molecule has 4 rings (SSSR count). The smallest absolute Gasteiger partial charge is 0.230 e. The average Bonchev–Trinajstić information content (AvgIpc) is 2.63. The summed E-state index contributed by atoms with van der Waals surface area (Å²) in [5, 5.41) is 1.81. The van der Waals surface area contributed by atoms with E-state index in [1.54, 1.807) is 0 Å². The first-order valence-electron chi connectivity index (χ1n) is 8.20. The number of ether oxygens (including phenoxy) is 2. The quantitative estimate of drug-likeness (QED) is 0.510. The standard InChI is InChI=1S/C21H19O3S/c1-25(12-15-6-3-2-4-7-15)13-18(22)16-10-11-20-21-17(16)8-5-9-19(21)23-14-24-20/h2-11H,12-14H2,1H3/q+1. The SMILES string of the molecule is C[S+](CC(=O)c1ccc2c3c(cccc13)OCO2)Cc1ccccc1. The van der Waals surface area contributed by atoms with Gasteiger partial charge in [0.05, 0.1) is 11.6 Å². The second-order valence-corrected chi connectivity index (χ2v) is 8.32. The Morgan fingerprint density at radius 2 is 1.72 bits per heavy atom. The van der Waals surface area contributed by atoms with Crippen molar-refractivity contribution in [1.29, 1.82) is 0 Å². The molecule has 3 aromatic carbocycles. The summed E-state index contributed by atoms with van der Waals surface area (Å²) in [4.78, 5) is 12.9. The van der Waals surface area contributed by atoms with Crippen molar-refractivity contribution in [3.8, 4) is 11.5 Å². The van der Waals surface area contributed by atoms with E-state index in [1.807, 2.05) is 48.5 Å². The Kier molecular flexibility index (Phi) is 4.36. The van der Waals surface area contributed by atoms with Gasteiger partial charge >= 0.3 is 0 Å². The van der Waals surface area contributed by atoms with Crippen molar-refractivity contribution >= 4 is 27.5 Å². The lowest BCUT2D eigenvalue weighted by Crippen LogP contribution is -2.18. The summed E-state index contributed by atoms with van der Waals surface area (Å²) in [5.41, 5.74) is 2.03. The molecule has 0 bridgehead atoms. The number of benzene rings is 3. The zero-order chi connectivity index (χ0) is 17.2. The Balaban J connectivity index is 1.60. The van der Waals surface area contributed by atoms with Crippen LogP contribution in [0.4, 0.5) is 0 Å². The molecular formula is C21H19O3S+. The zero-order valence-corrected chi connectivity index (χ0v) is 14.8. The van der Waals surface area contributed by atoms with Gasteiger partial charge < -0.3 is 9.47 Å². The van der Waals surface area contributed by atoms with Gasteiger partial charge in [0.15, 0.2) is 5.75 Å². The summed E-state index contributed by atoms with van der Waals surface area (Å²) in [7, 11) is -0.00504. The highest BCUT2D eigenvalue weighted by atomic mass is 32.2. The van der Waals surface area contributed by atoms with Crippen LogP contribution in [-0.2, 0) is 16.6 Å². The van der Waals surface area contributed by atoms with Gasteiger partial charge in [0.1, 0.15) is 17.3 Å². The first-order valence-corrected chi connectivity index (χ1v) is 10.2. The zero-order valence-electron chi connectivity index (χ0n) is 14.0. The minimum atomic E-state index is -0.00504. The van der Waals surface area contributed by atoms with Gasteiger partial charge in [-0.05, 0) is 29.1 Å². The van der Waals surface area contributed by atoms with Crippen molar-refractivity contribution in [3.63, 3.8) is 0 Å². The van der Waals surface area contributed by atoms with E-state index in [0.717, 1.165) is 33.6 Å². The minimum Gasteiger partial charge on any atom is -0.457 e. The fraction of sp³-hybridized carbons (Fsp3) is 0.190. The highest BCUT2D eigenvalue weighted by molar-refractivity contribution is 7.96. The van der Waals surface area contributed by atoms with Crippen LogP contribution in [0, 0.1) is 0 Å². The van der Waals surface area contributed by atoms with E-state index < -0.39 is 0 Å². The Morgan fingerprint density at radius 1 is 0.960 bits per heavy atom. The third-order valence-corrected chi connectivity index (χ3v) is 5.91. The third-order valence-electron chi connectivity index (χ3n) is 4.33. The topological polar surface area (TPSA) is 35.5 Å². The molecule has 0 radical (unpaired) electrons. The van der Waals surface area contributed by atoms with Crippen LogP contribution in [0.3, 0.4) is 0 Å². The summed E-state index contributed by atoms with van der Waals surface area (Å²) in [6.07, 6.45) is 2.15. The first-order chi connectivity index (χ1) is 12.2. The monoisotopic (exact) mass is 351 g/mol. The molecule has 1 aliphatic rings. The maximum Gasteiger partial charge on any atom is 0.230 e. The molecule has 4 heteroatoms. The van der Waals surface area contributed by atoms with E-state index in [4.69, 9.17) is 9.47 Å². The molecule has 1 atom stereocenters. The van der Waals surface area contributed by atoms with Gasteiger partial charge in [0.25, 0.3) is 0 Å². The van der Waals surface area contributed by atoms with E-state index in [-0.39, 0.29) is 23.5 Å². The number of carbonyl (C=O) groups is 1. The Bertz CT molecular complexity index is 911. The van der Waals surface area contributed by atoms with Gasteiger partial charge in [-0.15, -0.1) is 0 Å². The third kappa shape index (κ3) is 3.22. The fourth-order valence-electron chi connectivity index (χ4n) is 3.19. The number of ketones is 1. The van der Waals surface area contributed by atoms with Crippen LogP contribution >= 0.6 is 0 Å². The molecule has 25 heavy (non-hydrogen) atoms. The number of carbonyl (C=O) groups excluding carboxylic acids is 1. The maximum absolute atomic E-state index is 12.9. The molecular weight excluding hydrogens is 332 g/mol. The van der Waals surface area contributed by atoms with Crippen LogP contribution in [-0.4, -0.2) is 24.6 Å². The molecule has 3 nitrogen and oxygen atoms in total. The highest BCUT2D eigenvalue weighted by Crippen LogP contribution is 2.38. The maximum atomic E-state index is 12.9. The van der Waals surface area contributed by atoms with Crippen molar-refractivity contribution in [2.45, 2.75) is 5.75 Å². The number of hydrogen-bond acceptors (Lipinski definition) is 3. The predicted molar refractivity (Wildman–Crippen MR) is 103 cm³/mol. The molecule has 0 saturated carbocycles. The number of hydrogen-bond donors (Lipinski definition) is 0. The van der Waals surface area contributed by atoms with Gasteiger partial charge in [-0.25, -0.2) is 0 Å². The van der Waals surface area contributed by atoms with Crippen LogP contribution in [0.15, 0.2) is 60.7 Å². The van der Waals surface area contributed by atoms with E-state index in [2.05, 4.69) is 18.4 Å². The number of Topliss-reactive ketones (excluding diaryl/α,β-unsaturated/α-hetero) is 1. The highest BCUT2D eigenvalue weighted by Gasteiger charge is 2.23. The normalized spacial score (nSPS) is 13.8. The van der Waals surface area contributed by atoms with E-state index in [0.29, 0.717) is 5.75 Å². The molecule has 3 aromatic rings. The summed E-state index contributed by atoms with van der Waals surface area (Å²) in [6, 6.07) is 19.9. The summed E-state index contributed by atoms with van der Waals surface area (Å²) >= 11 is 0. The Hall–Kier alpha value is -2.46. The molecule has 0 N–H and O–H groups in total. The lowest BCUT2D eigenvalue weighted by atomic mass is 10.00. The molecule has 1 unspecified atom stereocenters. The van der Waals surface area contributed by atoms with Crippen LogP contribution in [0.25, 0.3) is 10.8 Å². The fourth-order valence-corrected chi connectivity index (χ4v) is 4.66. The lowest BCUT2D eigenvalue weighted by Gasteiger charge is -2.20. The van der Waals surface area contributed by atoms with Crippen molar-refractivity contribution in [2.75, 3.05) is 18.8 Å². The Labute approximate surface area is 149 Å². The van der Waals surface area contributed by atoms with Gasteiger partial charge in [-0.3, -0.25) is 4.79 Å². The van der Waals surface area contributed by atoms with E-state index in [9.17, 15) is 4.79 Å². The van der Waals surface area contributed by atoms with E-state index in [1.165, 1.54) is 5.56 Å². The largest absolute Gasteiger partial charge is 0.457 e. The molecule has 0 saturated heterocycles. The second-order valence-electron chi connectivity index (χ2n) is 6.18. The van der Waals surface area contributed by atoms with Crippen LogP contribution in [0.5, 0.6) is 11.5 Å².